The lowest BCUT2D eigenvalue weighted by Gasteiger charge is -2.29. The second-order valence-electron chi connectivity index (χ2n) is 7.63. The highest BCUT2D eigenvalue weighted by atomic mass is 16.5. The number of amides is 1. The van der Waals surface area contributed by atoms with Gasteiger partial charge in [-0.2, -0.15) is 14.7 Å². The van der Waals surface area contributed by atoms with Crippen molar-refractivity contribution in [2.75, 3.05) is 38.3 Å². The zero-order chi connectivity index (χ0) is 22.1. The molecule has 32 heavy (non-hydrogen) atoms. The van der Waals surface area contributed by atoms with Crippen LogP contribution in [0.15, 0.2) is 54.7 Å². The van der Waals surface area contributed by atoms with Gasteiger partial charge >= 0.3 is 6.09 Å². The number of anilines is 1. The minimum Gasteiger partial charge on any atom is -0.465 e. The molecule has 1 fully saturated rings. The van der Waals surface area contributed by atoms with Gasteiger partial charge in [0.25, 0.3) is 0 Å². The number of benzene rings is 1. The molecule has 4 aromatic rings. The quantitative estimate of drug-likeness (QED) is 0.516. The Morgan fingerprint density at radius 1 is 1.12 bits per heavy atom. The van der Waals surface area contributed by atoms with E-state index >= 15 is 0 Å². The summed E-state index contributed by atoms with van der Waals surface area (Å²) in [4.78, 5) is 19.4. The van der Waals surface area contributed by atoms with E-state index in [2.05, 4.69) is 10.00 Å². The van der Waals surface area contributed by atoms with E-state index in [9.17, 15) is 9.90 Å². The molecule has 1 aliphatic rings. The summed E-state index contributed by atoms with van der Waals surface area (Å²) < 4.78 is 9.03. The number of hydrogen-bond donors (Lipinski definition) is 1. The number of hydrogen-bond acceptors (Lipinski definition) is 6. The van der Waals surface area contributed by atoms with Gasteiger partial charge in [0.05, 0.1) is 31.1 Å². The number of rotatable bonds is 5. The first kappa shape index (κ1) is 20.0. The SMILES string of the molecule is CN(Cc1cc2nc(-n3ccc(-c4ccccc4)n3)cc(N3CCOCC3)n2n1)C(=O)O. The Bertz CT molecular complexity index is 1250. The van der Waals surface area contributed by atoms with Crippen LogP contribution in [0.1, 0.15) is 5.69 Å². The molecular formula is C22H23N7O3. The summed E-state index contributed by atoms with van der Waals surface area (Å²) in [5.74, 6) is 1.54. The van der Waals surface area contributed by atoms with Gasteiger partial charge in [0, 0.05) is 44.0 Å². The van der Waals surface area contributed by atoms with Gasteiger partial charge in [-0.15, -0.1) is 0 Å². The second-order valence-corrected chi connectivity index (χ2v) is 7.63. The van der Waals surface area contributed by atoms with Crippen molar-refractivity contribution in [2.24, 2.45) is 0 Å². The first-order chi connectivity index (χ1) is 15.6. The molecule has 10 heteroatoms. The Hall–Kier alpha value is -3.92. The van der Waals surface area contributed by atoms with Crippen molar-refractivity contribution in [2.45, 2.75) is 6.54 Å². The number of carboxylic acid groups (broad SMARTS) is 1. The van der Waals surface area contributed by atoms with Crippen LogP contribution >= 0.6 is 0 Å². The third-order valence-electron chi connectivity index (χ3n) is 5.40. The number of carbonyl (C=O) groups is 1. The van der Waals surface area contributed by atoms with Gasteiger partial charge in [-0.25, -0.2) is 14.5 Å². The van der Waals surface area contributed by atoms with Crippen molar-refractivity contribution < 1.29 is 14.6 Å². The molecule has 1 amide bonds. The second kappa shape index (κ2) is 8.31. The molecule has 1 aliphatic heterocycles. The molecular weight excluding hydrogens is 410 g/mol. The Morgan fingerprint density at radius 2 is 1.91 bits per heavy atom. The maximum absolute atomic E-state index is 11.2. The summed E-state index contributed by atoms with van der Waals surface area (Å²) in [5.41, 5.74) is 3.15. The highest BCUT2D eigenvalue weighted by Crippen LogP contribution is 2.23. The minimum absolute atomic E-state index is 0.177. The molecule has 0 radical (unpaired) electrons. The fraction of sp³-hybridized carbons (Fsp3) is 0.273. The van der Waals surface area contributed by atoms with Crippen LogP contribution in [-0.4, -0.2) is 73.8 Å². The molecule has 1 saturated heterocycles. The minimum atomic E-state index is -1.01. The molecule has 164 valence electrons. The van der Waals surface area contributed by atoms with Gasteiger partial charge in [-0.3, -0.25) is 0 Å². The Kier molecular flexibility index (Phi) is 5.20. The molecule has 3 aromatic heterocycles. The maximum atomic E-state index is 11.2. The number of ether oxygens (including phenoxy) is 1. The monoisotopic (exact) mass is 433 g/mol. The van der Waals surface area contributed by atoms with Crippen LogP contribution in [0, 0.1) is 0 Å². The molecule has 5 rings (SSSR count). The van der Waals surface area contributed by atoms with Gasteiger partial charge < -0.3 is 19.6 Å². The number of nitrogens with zero attached hydrogens (tertiary/aromatic N) is 7. The standard InChI is InChI=1S/C22H23N7O3/c1-26(22(30)31)15-17-13-20-23-19(14-21(29(20)24-17)27-9-11-32-12-10-27)28-8-7-18(25-28)16-5-3-2-4-6-16/h2-8,13-14H,9-12,15H2,1H3,(H,30,31). The lowest BCUT2D eigenvalue weighted by molar-refractivity contribution is 0.122. The van der Waals surface area contributed by atoms with E-state index in [1.165, 1.54) is 11.9 Å². The molecule has 1 N–H and O–H groups in total. The van der Waals surface area contributed by atoms with Gasteiger partial charge in [-0.05, 0) is 6.07 Å². The van der Waals surface area contributed by atoms with Crippen LogP contribution in [0.5, 0.6) is 0 Å². The van der Waals surface area contributed by atoms with E-state index < -0.39 is 6.09 Å². The van der Waals surface area contributed by atoms with Crippen LogP contribution in [0.2, 0.25) is 0 Å². The van der Waals surface area contributed by atoms with Crippen LogP contribution < -0.4 is 4.90 Å². The van der Waals surface area contributed by atoms with Crippen LogP contribution in [0.4, 0.5) is 10.6 Å². The third kappa shape index (κ3) is 3.87. The zero-order valence-corrected chi connectivity index (χ0v) is 17.6. The molecule has 10 nitrogen and oxygen atoms in total. The summed E-state index contributed by atoms with van der Waals surface area (Å²) in [6, 6.07) is 15.7. The summed E-state index contributed by atoms with van der Waals surface area (Å²) in [7, 11) is 1.52. The first-order valence-corrected chi connectivity index (χ1v) is 10.4. The van der Waals surface area contributed by atoms with E-state index in [4.69, 9.17) is 14.8 Å². The molecule has 0 unspecified atom stereocenters. The third-order valence-corrected chi connectivity index (χ3v) is 5.40. The normalized spacial score (nSPS) is 14.1. The number of aromatic nitrogens is 5. The zero-order valence-electron chi connectivity index (χ0n) is 17.6. The predicted octanol–water partition coefficient (Wildman–Crippen LogP) is 2.53. The molecule has 1 aromatic carbocycles. The van der Waals surface area contributed by atoms with Crippen molar-refractivity contribution in [3.05, 3.63) is 60.4 Å². The molecule has 0 saturated carbocycles. The topological polar surface area (TPSA) is 101 Å². The predicted molar refractivity (Wildman–Crippen MR) is 118 cm³/mol. The fourth-order valence-electron chi connectivity index (χ4n) is 3.73. The van der Waals surface area contributed by atoms with E-state index in [1.807, 2.05) is 54.7 Å². The summed E-state index contributed by atoms with van der Waals surface area (Å²) in [6.45, 7) is 2.91. The Balaban J connectivity index is 1.57. The molecule has 0 bridgehead atoms. The number of fused-ring (bicyclic) bond motifs is 1. The average molecular weight is 433 g/mol. The van der Waals surface area contributed by atoms with E-state index in [-0.39, 0.29) is 6.54 Å². The van der Waals surface area contributed by atoms with E-state index in [0.29, 0.717) is 30.4 Å². The van der Waals surface area contributed by atoms with Crippen molar-refractivity contribution >= 4 is 17.6 Å². The summed E-state index contributed by atoms with van der Waals surface area (Å²) >= 11 is 0. The van der Waals surface area contributed by atoms with E-state index in [1.54, 1.807) is 9.20 Å². The molecule has 0 spiro atoms. The number of morpholine rings is 1. The molecule has 4 heterocycles. The van der Waals surface area contributed by atoms with Crippen molar-refractivity contribution in [3.8, 4) is 17.1 Å². The Labute approximate surface area is 184 Å². The van der Waals surface area contributed by atoms with Gasteiger partial charge in [0.1, 0.15) is 5.82 Å². The van der Waals surface area contributed by atoms with E-state index in [0.717, 1.165) is 30.2 Å². The first-order valence-electron chi connectivity index (χ1n) is 10.4. The summed E-state index contributed by atoms with van der Waals surface area (Å²) in [6.07, 6.45) is 0.883. The van der Waals surface area contributed by atoms with Crippen LogP contribution in [0.3, 0.4) is 0 Å². The highest BCUT2D eigenvalue weighted by molar-refractivity contribution is 5.64. The van der Waals surface area contributed by atoms with Crippen LogP contribution in [-0.2, 0) is 11.3 Å². The lowest BCUT2D eigenvalue weighted by Crippen LogP contribution is -2.37. The smallest absolute Gasteiger partial charge is 0.407 e. The summed E-state index contributed by atoms with van der Waals surface area (Å²) in [5, 5.41) is 18.6. The van der Waals surface area contributed by atoms with Crippen molar-refractivity contribution in [1.82, 2.24) is 29.3 Å². The lowest BCUT2D eigenvalue weighted by atomic mass is 10.2. The average Bonchev–Trinajstić information content (AvgIpc) is 3.46. The highest BCUT2D eigenvalue weighted by Gasteiger charge is 2.20. The largest absolute Gasteiger partial charge is 0.465 e. The van der Waals surface area contributed by atoms with Crippen molar-refractivity contribution in [3.63, 3.8) is 0 Å². The Morgan fingerprint density at radius 3 is 2.66 bits per heavy atom. The van der Waals surface area contributed by atoms with Crippen molar-refractivity contribution in [1.29, 1.82) is 0 Å². The molecule has 0 atom stereocenters. The maximum Gasteiger partial charge on any atom is 0.407 e. The van der Waals surface area contributed by atoms with Crippen LogP contribution in [0.25, 0.3) is 22.7 Å². The van der Waals surface area contributed by atoms with Gasteiger partial charge in [0.15, 0.2) is 11.5 Å². The van der Waals surface area contributed by atoms with Gasteiger partial charge in [-0.1, -0.05) is 30.3 Å². The van der Waals surface area contributed by atoms with Gasteiger partial charge in [0.2, 0.25) is 0 Å². The molecule has 0 aliphatic carbocycles. The fourth-order valence-corrected chi connectivity index (χ4v) is 3.73.